The first-order valence-electron chi connectivity index (χ1n) is 9.95. The SMILES string of the molecule is Cc1nc2ccc(C(=O)NNC(=O)c3cc(C)n(-c4ccccc4)c3C)cc2nc1C. The second-order valence-electron chi connectivity index (χ2n) is 7.46. The minimum Gasteiger partial charge on any atom is -0.318 e. The van der Waals surface area contributed by atoms with Crippen LogP contribution in [-0.2, 0) is 0 Å². The van der Waals surface area contributed by atoms with E-state index in [0.717, 1.165) is 34.0 Å². The molecule has 0 radical (unpaired) electrons. The third kappa shape index (κ3) is 3.90. The van der Waals surface area contributed by atoms with Crippen LogP contribution in [0.1, 0.15) is 43.5 Å². The molecule has 4 aromatic rings. The average molecular weight is 413 g/mol. The standard InChI is InChI=1S/C24H23N5O2/c1-14-12-20(17(4)29(14)19-8-6-5-7-9-19)24(31)28-27-23(30)18-10-11-21-22(13-18)26-16(3)15(2)25-21/h5-13H,1-4H3,(H,27,30)(H,28,31). The maximum Gasteiger partial charge on any atom is 0.271 e. The second kappa shape index (κ2) is 8.02. The molecule has 7 heteroatoms. The number of carbonyl (C=O) groups is 2. The highest BCUT2D eigenvalue weighted by Crippen LogP contribution is 2.20. The summed E-state index contributed by atoms with van der Waals surface area (Å²) in [6, 6.07) is 16.7. The van der Waals surface area contributed by atoms with Crippen molar-refractivity contribution in [2.24, 2.45) is 0 Å². The van der Waals surface area contributed by atoms with Gasteiger partial charge in [0.1, 0.15) is 0 Å². The predicted octanol–water partition coefficient (Wildman–Crippen LogP) is 3.73. The first-order valence-corrected chi connectivity index (χ1v) is 9.95. The molecule has 0 bridgehead atoms. The van der Waals surface area contributed by atoms with Gasteiger partial charge >= 0.3 is 0 Å². The lowest BCUT2D eigenvalue weighted by atomic mass is 10.1. The number of fused-ring (bicyclic) bond motifs is 1. The van der Waals surface area contributed by atoms with Crippen LogP contribution in [0, 0.1) is 27.7 Å². The molecule has 0 saturated carbocycles. The molecule has 0 fully saturated rings. The van der Waals surface area contributed by atoms with E-state index in [2.05, 4.69) is 20.8 Å². The Balaban J connectivity index is 1.51. The summed E-state index contributed by atoms with van der Waals surface area (Å²) in [4.78, 5) is 34.3. The molecule has 0 unspecified atom stereocenters. The van der Waals surface area contributed by atoms with Gasteiger partial charge in [-0.25, -0.2) is 9.97 Å². The van der Waals surface area contributed by atoms with E-state index in [9.17, 15) is 9.59 Å². The molecule has 0 saturated heterocycles. The van der Waals surface area contributed by atoms with Crippen LogP contribution >= 0.6 is 0 Å². The van der Waals surface area contributed by atoms with Crippen LogP contribution in [-0.4, -0.2) is 26.3 Å². The van der Waals surface area contributed by atoms with E-state index in [0.29, 0.717) is 16.6 Å². The van der Waals surface area contributed by atoms with Gasteiger partial charge in [-0.2, -0.15) is 0 Å². The van der Waals surface area contributed by atoms with Gasteiger partial charge in [-0.15, -0.1) is 0 Å². The molecule has 0 atom stereocenters. The lowest BCUT2D eigenvalue weighted by molar-refractivity contribution is 0.0846. The molecule has 2 amide bonds. The van der Waals surface area contributed by atoms with Crippen molar-refractivity contribution in [2.75, 3.05) is 0 Å². The summed E-state index contributed by atoms with van der Waals surface area (Å²) >= 11 is 0. The van der Waals surface area contributed by atoms with Crippen LogP contribution < -0.4 is 10.9 Å². The van der Waals surface area contributed by atoms with Gasteiger partial charge in [-0.1, -0.05) is 18.2 Å². The summed E-state index contributed by atoms with van der Waals surface area (Å²) < 4.78 is 2.00. The highest BCUT2D eigenvalue weighted by atomic mass is 16.2. The third-order valence-electron chi connectivity index (χ3n) is 5.32. The van der Waals surface area contributed by atoms with Gasteiger partial charge < -0.3 is 4.57 Å². The number of aryl methyl sites for hydroxylation is 3. The zero-order valence-electron chi connectivity index (χ0n) is 17.9. The average Bonchev–Trinajstić information content (AvgIpc) is 3.07. The Hall–Kier alpha value is -4.00. The summed E-state index contributed by atoms with van der Waals surface area (Å²) in [5, 5.41) is 0. The molecular formula is C24H23N5O2. The molecule has 7 nitrogen and oxygen atoms in total. The molecule has 2 aromatic heterocycles. The topological polar surface area (TPSA) is 88.9 Å². The van der Waals surface area contributed by atoms with E-state index >= 15 is 0 Å². The Morgan fingerprint density at radius 2 is 1.42 bits per heavy atom. The molecule has 156 valence electrons. The number of para-hydroxylation sites is 1. The number of hydrazine groups is 1. The minimum atomic E-state index is -0.424. The van der Waals surface area contributed by atoms with Crippen molar-refractivity contribution in [3.63, 3.8) is 0 Å². The van der Waals surface area contributed by atoms with Gasteiger partial charge in [0, 0.05) is 22.6 Å². The van der Waals surface area contributed by atoms with Gasteiger partial charge in [-0.05, 0) is 64.1 Å². The number of hydrogen-bond donors (Lipinski definition) is 2. The Morgan fingerprint density at radius 3 is 2.13 bits per heavy atom. The predicted molar refractivity (Wildman–Crippen MR) is 119 cm³/mol. The Labute approximate surface area is 180 Å². The summed E-state index contributed by atoms with van der Waals surface area (Å²) in [5.41, 5.74) is 11.6. The first kappa shape index (κ1) is 20.3. The molecule has 0 aliphatic heterocycles. The number of hydrogen-bond acceptors (Lipinski definition) is 4. The second-order valence-corrected chi connectivity index (χ2v) is 7.46. The molecule has 4 rings (SSSR count). The summed E-state index contributed by atoms with van der Waals surface area (Å²) in [7, 11) is 0. The number of rotatable bonds is 3. The van der Waals surface area contributed by atoms with Crippen LogP contribution in [0.15, 0.2) is 54.6 Å². The fourth-order valence-electron chi connectivity index (χ4n) is 3.59. The quantitative estimate of drug-likeness (QED) is 0.501. The van der Waals surface area contributed by atoms with E-state index in [1.54, 1.807) is 24.3 Å². The highest BCUT2D eigenvalue weighted by molar-refractivity contribution is 6.01. The minimum absolute atomic E-state index is 0.379. The van der Waals surface area contributed by atoms with Crippen LogP contribution in [0.3, 0.4) is 0 Å². The van der Waals surface area contributed by atoms with Crippen molar-refractivity contribution < 1.29 is 9.59 Å². The van der Waals surface area contributed by atoms with Crippen molar-refractivity contribution in [1.29, 1.82) is 0 Å². The number of carbonyl (C=O) groups excluding carboxylic acids is 2. The summed E-state index contributed by atoms with van der Waals surface area (Å²) in [6.45, 7) is 7.59. The molecule has 2 N–H and O–H groups in total. The first-order chi connectivity index (χ1) is 14.8. The highest BCUT2D eigenvalue weighted by Gasteiger charge is 2.17. The largest absolute Gasteiger partial charge is 0.318 e. The molecule has 31 heavy (non-hydrogen) atoms. The van der Waals surface area contributed by atoms with Crippen molar-refractivity contribution in [3.8, 4) is 5.69 Å². The zero-order chi connectivity index (χ0) is 22.1. The monoisotopic (exact) mass is 413 g/mol. The smallest absolute Gasteiger partial charge is 0.271 e. The third-order valence-corrected chi connectivity index (χ3v) is 5.32. The molecular weight excluding hydrogens is 390 g/mol. The number of nitrogens with one attached hydrogen (secondary N) is 2. The van der Waals surface area contributed by atoms with Gasteiger partial charge in [0.05, 0.1) is 28.0 Å². The Bertz CT molecular complexity index is 1310. The van der Waals surface area contributed by atoms with Crippen LogP contribution in [0.2, 0.25) is 0 Å². The van der Waals surface area contributed by atoms with Crippen molar-refractivity contribution in [2.45, 2.75) is 27.7 Å². The van der Waals surface area contributed by atoms with Crippen molar-refractivity contribution in [1.82, 2.24) is 25.4 Å². The number of amides is 2. The molecule has 0 spiro atoms. The fourth-order valence-corrected chi connectivity index (χ4v) is 3.59. The summed E-state index contributed by atoms with van der Waals surface area (Å²) in [6.07, 6.45) is 0. The van der Waals surface area contributed by atoms with Crippen LogP contribution in [0.5, 0.6) is 0 Å². The normalized spacial score (nSPS) is 10.8. The number of nitrogens with zero attached hydrogens (tertiary/aromatic N) is 3. The van der Waals surface area contributed by atoms with E-state index < -0.39 is 5.91 Å². The lowest BCUT2D eigenvalue weighted by Gasteiger charge is -2.10. The molecule has 2 aromatic carbocycles. The van der Waals surface area contributed by atoms with Gasteiger partial charge in [0.25, 0.3) is 11.8 Å². The van der Waals surface area contributed by atoms with Gasteiger partial charge in [-0.3, -0.25) is 20.4 Å². The van der Waals surface area contributed by atoms with Crippen LogP contribution in [0.25, 0.3) is 16.7 Å². The lowest BCUT2D eigenvalue weighted by Crippen LogP contribution is -2.41. The van der Waals surface area contributed by atoms with Gasteiger partial charge in [0.15, 0.2) is 0 Å². The maximum atomic E-state index is 12.7. The molecule has 2 heterocycles. The van der Waals surface area contributed by atoms with Crippen molar-refractivity contribution in [3.05, 3.63) is 88.5 Å². The fraction of sp³-hybridized carbons (Fsp3) is 0.167. The van der Waals surface area contributed by atoms with Crippen LogP contribution in [0.4, 0.5) is 0 Å². The van der Waals surface area contributed by atoms with E-state index in [4.69, 9.17) is 0 Å². The molecule has 0 aliphatic rings. The Morgan fingerprint density at radius 1 is 0.774 bits per heavy atom. The Kier molecular flexibility index (Phi) is 5.25. The van der Waals surface area contributed by atoms with Gasteiger partial charge in [0.2, 0.25) is 0 Å². The number of benzene rings is 2. The summed E-state index contributed by atoms with van der Waals surface area (Å²) in [5.74, 6) is -0.803. The van der Waals surface area contributed by atoms with E-state index in [-0.39, 0.29) is 5.91 Å². The van der Waals surface area contributed by atoms with Crippen molar-refractivity contribution >= 4 is 22.8 Å². The molecule has 0 aliphatic carbocycles. The number of aromatic nitrogens is 3. The van der Waals surface area contributed by atoms with E-state index in [1.807, 2.05) is 62.6 Å². The zero-order valence-corrected chi connectivity index (χ0v) is 17.9. The van der Waals surface area contributed by atoms with E-state index in [1.165, 1.54) is 0 Å². The maximum absolute atomic E-state index is 12.7.